The van der Waals surface area contributed by atoms with Crippen LogP contribution in [0.25, 0.3) is 6.08 Å². The Morgan fingerprint density at radius 3 is 2.39 bits per heavy atom. The molecule has 0 saturated carbocycles. The topological polar surface area (TPSA) is 72.8 Å². The van der Waals surface area contributed by atoms with Gasteiger partial charge in [-0.15, -0.1) is 0 Å². The van der Waals surface area contributed by atoms with Gasteiger partial charge in [-0.2, -0.15) is 0 Å². The zero-order chi connectivity index (χ0) is 17.4. The molecule has 0 heterocycles. The number of halogens is 1. The van der Waals surface area contributed by atoms with Crippen molar-refractivity contribution in [1.82, 2.24) is 0 Å². The lowest BCUT2D eigenvalue weighted by Gasteiger charge is -2.18. The third-order valence-corrected chi connectivity index (χ3v) is 3.80. The summed E-state index contributed by atoms with van der Waals surface area (Å²) >= 11 is 3.35. The molecule has 6 heteroatoms. The smallest absolute Gasteiger partial charge is 0.334 e. The van der Waals surface area contributed by atoms with Gasteiger partial charge in [-0.05, 0) is 44.0 Å². The van der Waals surface area contributed by atoms with Gasteiger partial charge in [0, 0.05) is 10.0 Å². The second-order valence-corrected chi connectivity index (χ2v) is 5.93. The third-order valence-electron chi connectivity index (χ3n) is 3.27. The van der Waals surface area contributed by atoms with Gasteiger partial charge in [-0.25, -0.2) is 4.79 Å². The molecular weight excluding hydrogens is 364 g/mol. The molecule has 1 unspecified atom stereocenters. The number of hydrogen-bond donors (Lipinski definition) is 1. The summed E-state index contributed by atoms with van der Waals surface area (Å²) < 4.78 is 10.7. The molecule has 1 rings (SSSR count). The van der Waals surface area contributed by atoms with E-state index in [1.807, 2.05) is 24.3 Å². The standard InChI is InChI=1S/C17H21BrO5/c1-4-23-16(20)13(9-12-5-7-14(18)8-6-12)10-15(11(2)19)17(21)22-3/h5-9,11,15,19H,4,10H2,1-3H3/b13-9+/t11-,15?/m1/s1. The highest BCUT2D eigenvalue weighted by atomic mass is 79.9. The van der Waals surface area contributed by atoms with Gasteiger partial charge in [0.05, 0.1) is 25.7 Å². The molecule has 1 N–H and O–H groups in total. The fourth-order valence-electron chi connectivity index (χ4n) is 2.02. The molecule has 0 aliphatic rings. The van der Waals surface area contributed by atoms with Gasteiger partial charge in [0.1, 0.15) is 0 Å². The van der Waals surface area contributed by atoms with Crippen molar-refractivity contribution < 1.29 is 24.2 Å². The molecular formula is C17H21BrO5. The molecule has 23 heavy (non-hydrogen) atoms. The predicted octanol–water partition coefficient (Wildman–Crippen LogP) is 2.96. The van der Waals surface area contributed by atoms with Crippen LogP contribution < -0.4 is 0 Å². The molecule has 1 aromatic rings. The van der Waals surface area contributed by atoms with Crippen molar-refractivity contribution >= 4 is 33.9 Å². The van der Waals surface area contributed by atoms with Crippen LogP contribution in [0, 0.1) is 5.92 Å². The summed E-state index contributed by atoms with van der Waals surface area (Å²) in [5.41, 5.74) is 1.11. The quantitative estimate of drug-likeness (QED) is 0.577. The number of aliphatic hydroxyl groups is 1. The lowest BCUT2D eigenvalue weighted by Crippen LogP contribution is -2.29. The van der Waals surface area contributed by atoms with Gasteiger partial charge in [0.15, 0.2) is 0 Å². The van der Waals surface area contributed by atoms with E-state index in [2.05, 4.69) is 15.9 Å². The van der Waals surface area contributed by atoms with E-state index in [1.165, 1.54) is 14.0 Å². The summed E-state index contributed by atoms with van der Waals surface area (Å²) in [5.74, 6) is -1.90. The minimum absolute atomic E-state index is 0.0409. The van der Waals surface area contributed by atoms with Crippen LogP contribution in [0.15, 0.2) is 34.3 Å². The molecule has 0 spiro atoms. The number of benzene rings is 1. The summed E-state index contributed by atoms with van der Waals surface area (Å²) in [7, 11) is 1.25. The first kappa shape index (κ1) is 19.4. The van der Waals surface area contributed by atoms with Crippen LogP contribution in [-0.4, -0.2) is 36.9 Å². The Bertz CT molecular complexity index is 563. The second-order valence-electron chi connectivity index (χ2n) is 5.02. The van der Waals surface area contributed by atoms with E-state index >= 15 is 0 Å². The first-order valence-electron chi connectivity index (χ1n) is 7.28. The highest BCUT2D eigenvalue weighted by molar-refractivity contribution is 9.10. The number of esters is 2. The molecule has 1 aromatic carbocycles. The number of methoxy groups -OCH3 is 1. The molecule has 0 amide bonds. The fraction of sp³-hybridized carbons (Fsp3) is 0.412. The summed E-state index contributed by atoms with van der Waals surface area (Å²) in [6.07, 6.45) is 0.757. The monoisotopic (exact) mass is 384 g/mol. The van der Waals surface area contributed by atoms with Crippen LogP contribution in [0.4, 0.5) is 0 Å². The van der Waals surface area contributed by atoms with Gasteiger partial charge >= 0.3 is 11.9 Å². The molecule has 2 atom stereocenters. The van der Waals surface area contributed by atoms with E-state index in [0.29, 0.717) is 5.57 Å². The Morgan fingerprint density at radius 1 is 1.30 bits per heavy atom. The van der Waals surface area contributed by atoms with E-state index in [1.54, 1.807) is 13.0 Å². The van der Waals surface area contributed by atoms with Crippen LogP contribution >= 0.6 is 15.9 Å². The van der Waals surface area contributed by atoms with Crippen molar-refractivity contribution in [1.29, 1.82) is 0 Å². The average molecular weight is 385 g/mol. The normalized spacial score (nSPS) is 14.0. The third kappa shape index (κ3) is 6.15. The van der Waals surface area contributed by atoms with Crippen molar-refractivity contribution in [3.05, 3.63) is 39.9 Å². The lowest BCUT2D eigenvalue weighted by molar-refractivity contribution is -0.149. The van der Waals surface area contributed by atoms with Gasteiger partial charge in [-0.1, -0.05) is 28.1 Å². The van der Waals surface area contributed by atoms with E-state index in [9.17, 15) is 14.7 Å². The minimum atomic E-state index is -0.940. The van der Waals surface area contributed by atoms with Crippen molar-refractivity contribution in [3.8, 4) is 0 Å². The van der Waals surface area contributed by atoms with E-state index < -0.39 is 24.0 Å². The van der Waals surface area contributed by atoms with Gasteiger partial charge < -0.3 is 14.6 Å². The maximum atomic E-state index is 12.2. The number of carbonyl (C=O) groups is 2. The van der Waals surface area contributed by atoms with E-state index in [4.69, 9.17) is 9.47 Å². The molecule has 0 fully saturated rings. The number of hydrogen-bond acceptors (Lipinski definition) is 5. The van der Waals surface area contributed by atoms with Crippen LogP contribution in [0.2, 0.25) is 0 Å². The zero-order valence-electron chi connectivity index (χ0n) is 13.4. The highest BCUT2D eigenvalue weighted by Crippen LogP contribution is 2.22. The van der Waals surface area contributed by atoms with Crippen LogP contribution in [0.1, 0.15) is 25.8 Å². The van der Waals surface area contributed by atoms with E-state index in [-0.39, 0.29) is 13.0 Å². The largest absolute Gasteiger partial charge is 0.469 e. The van der Waals surface area contributed by atoms with Crippen molar-refractivity contribution in [2.24, 2.45) is 5.92 Å². The van der Waals surface area contributed by atoms with Crippen LogP contribution in [0.3, 0.4) is 0 Å². The SMILES string of the molecule is CCOC(=O)/C(=C/c1ccc(Br)cc1)CC(C(=O)OC)[C@@H](C)O. The van der Waals surface area contributed by atoms with Crippen molar-refractivity contribution in [2.75, 3.05) is 13.7 Å². The molecule has 0 saturated heterocycles. The molecule has 0 aliphatic heterocycles. The Balaban J connectivity index is 3.11. The number of carbonyl (C=O) groups excluding carboxylic acids is 2. The van der Waals surface area contributed by atoms with E-state index in [0.717, 1.165) is 10.0 Å². The predicted molar refractivity (Wildman–Crippen MR) is 90.6 cm³/mol. The Labute approximate surface area is 144 Å². The average Bonchev–Trinajstić information content (AvgIpc) is 2.52. The second kappa shape index (κ2) is 9.47. The first-order valence-corrected chi connectivity index (χ1v) is 8.07. The molecule has 126 valence electrons. The number of ether oxygens (including phenoxy) is 2. The molecule has 0 radical (unpaired) electrons. The first-order chi connectivity index (χ1) is 10.9. The van der Waals surface area contributed by atoms with Gasteiger partial charge in [0.25, 0.3) is 0 Å². The maximum absolute atomic E-state index is 12.2. The van der Waals surface area contributed by atoms with Crippen molar-refractivity contribution in [3.63, 3.8) is 0 Å². The van der Waals surface area contributed by atoms with Crippen LogP contribution in [-0.2, 0) is 19.1 Å². The minimum Gasteiger partial charge on any atom is -0.469 e. The summed E-state index contributed by atoms with van der Waals surface area (Å²) in [6.45, 7) is 3.43. The Hall–Kier alpha value is -1.66. The zero-order valence-corrected chi connectivity index (χ0v) is 15.0. The fourth-order valence-corrected chi connectivity index (χ4v) is 2.29. The maximum Gasteiger partial charge on any atom is 0.334 e. The van der Waals surface area contributed by atoms with Gasteiger partial charge in [-0.3, -0.25) is 4.79 Å². The Kier molecular flexibility index (Phi) is 7.98. The molecule has 0 aromatic heterocycles. The number of rotatable bonds is 7. The molecule has 0 aliphatic carbocycles. The summed E-state index contributed by atoms with van der Waals surface area (Å²) in [4.78, 5) is 23.9. The van der Waals surface area contributed by atoms with Crippen LogP contribution in [0.5, 0.6) is 0 Å². The number of aliphatic hydroxyl groups excluding tert-OH is 1. The molecule has 5 nitrogen and oxygen atoms in total. The highest BCUT2D eigenvalue weighted by Gasteiger charge is 2.28. The van der Waals surface area contributed by atoms with Crippen molar-refractivity contribution in [2.45, 2.75) is 26.4 Å². The molecule has 0 bridgehead atoms. The van der Waals surface area contributed by atoms with Gasteiger partial charge in [0.2, 0.25) is 0 Å². The summed E-state index contributed by atoms with van der Waals surface area (Å²) in [6, 6.07) is 7.36. The lowest BCUT2D eigenvalue weighted by atomic mass is 9.93. The Morgan fingerprint density at radius 2 is 1.91 bits per heavy atom. The summed E-state index contributed by atoms with van der Waals surface area (Å²) in [5, 5.41) is 9.79.